The van der Waals surface area contributed by atoms with Gasteiger partial charge >= 0.3 is 0 Å². The Morgan fingerprint density at radius 2 is 2.06 bits per heavy atom. The minimum Gasteiger partial charge on any atom is -0.472 e. The van der Waals surface area contributed by atoms with Crippen LogP contribution in [0.4, 0.5) is 5.82 Å². The van der Waals surface area contributed by atoms with Crippen molar-refractivity contribution in [1.82, 2.24) is 10.2 Å². The maximum atomic E-state index is 5.85. The van der Waals surface area contributed by atoms with E-state index in [9.17, 15) is 0 Å². The second-order valence-electron chi connectivity index (χ2n) is 3.22. The van der Waals surface area contributed by atoms with E-state index in [1.165, 1.54) is 0 Å². The predicted octanol–water partition coefficient (Wildman–Crippen LogP) is 2.29. The molecule has 2 aromatic rings. The molecule has 0 amide bonds. The normalized spacial score (nSPS) is 10.1. The largest absolute Gasteiger partial charge is 0.472 e. The number of nitrogens with zero attached hydrogens (tertiary/aromatic N) is 2. The highest BCUT2D eigenvalue weighted by atomic mass is 35.5. The molecule has 2 rings (SSSR count). The van der Waals surface area contributed by atoms with E-state index in [0.29, 0.717) is 23.3 Å². The molecule has 0 saturated heterocycles. The van der Waals surface area contributed by atoms with E-state index in [-0.39, 0.29) is 0 Å². The van der Waals surface area contributed by atoms with Gasteiger partial charge in [-0.25, -0.2) is 0 Å². The second kappa shape index (κ2) is 4.81. The molecule has 1 heterocycles. The highest BCUT2D eigenvalue weighted by molar-refractivity contribution is 6.30. The molecule has 0 aliphatic carbocycles. The summed E-state index contributed by atoms with van der Waals surface area (Å²) in [6.45, 7) is 0.402. The highest BCUT2D eigenvalue weighted by Gasteiger charge is 1.98. The molecule has 4 nitrogen and oxygen atoms in total. The van der Waals surface area contributed by atoms with Crippen molar-refractivity contribution < 1.29 is 4.74 Å². The summed E-state index contributed by atoms with van der Waals surface area (Å²) in [7, 11) is 0. The average Bonchev–Trinajstić information content (AvgIpc) is 2.28. The standard InChI is InChI=1S/C11H10ClN3O/c12-9-3-1-2-8(6-9)7-16-11-5-4-10(13)14-15-11/h1-6H,7H2,(H2,13,14). The lowest BCUT2D eigenvalue weighted by molar-refractivity contribution is 0.290. The van der Waals surface area contributed by atoms with Gasteiger partial charge in [0.15, 0.2) is 0 Å². The van der Waals surface area contributed by atoms with Gasteiger partial charge < -0.3 is 10.5 Å². The summed E-state index contributed by atoms with van der Waals surface area (Å²) in [5.74, 6) is 0.810. The third-order valence-corrected chi connectivity index (χ3v) is 2.17. The van der Waals surface area contributed by atoms with Gasteiger partial charge in [-0.2, -0.15) is 0 Å². The first-order valence-corrected chi connectivity index (χ1v) is 5.08. The highest BCUT2D eigenvalue weighted by Crippen LogP contribution is 2.13. The molecule has 82 valence electrons. The van der Waals surface area contributed by atoms with Gasteiger partial charge in [-0.15, -0.1) is 10.2 Å². The van der Waals surface area contributed by atoms with E-state index < -0.39 is 0 Å². The van der Waals surface area contributed by atoms with Crippen molar-refractivity contribution in [3.8, 4) is 5.88 Å². The van der Waals surface area contributed by atoms with Crippen LogP contribution in [0.5, 0.6) is 5.88 Å². The van der Waals surface area contributed by atoms with Crippen molar-refractivity contribution in [3.63, 3.8) is 0 Å². The lowest BCUT2D eigenvalue weighted by Crippen LogP contribution is -1.99. The first kappa shape index (κ1) is 10.7. The molecule has 0 unspecified atom stereocenters. The van der Waals surface area contributed by atoms with Gasteiger partial charge in [0.25, 0.3) is 0 Å². The Balaban J connectivity index is 1.99. The van der Waals surface area contributed by atoms with Crippen LogP contribution in [0.15, 0.2) is 36.4 Å². The quantitative estimate of drug-likeness (QED) is 0.887. The molecular weight excluding hydrogens is 226 g/mol. The first-order valence-electron chi connectivity index (χ1n) is 4.70. The molecule has 0 radical (unpaired) electrons. The van der Waals surface area contributed by atoms with E-state index in [0.717, 1.165) is 5.56 Å². The van der Waals surface area contributed by atoms with Gasteiger partial charge in [-0.3, -0.25) is 0 Å². The summed E-state index contributed by atoms with van der Waals surface area (Å²) in [6.07, 6.45) is 0. The van der Waals surface area contributed by atoms with Crippen LogP contribution >= 0.6 is 11.6 Å². The number of hydrogen-bond donors (Lipinski definition) is 1. The zero-order valence-corrected chi connectivity index (χ0v) is 9.19. The molecule has 5 heteroatoms. The van der Waals surface area contributed by atoms with Crippen molar-refractivity contribution >= 4 is 17.4 Å². The van der Waals surface area contributed by atoms with Gasteiger partial charge in [0.2, 0.25) is 5.88 Å². The Morgan fingerprint density at radius 1 is 1.19 bits per heavy atom. The summed E-state index contributed by atoms with van der Waals surface area (Å²) in [5.41, 5.74) is 6.39. The molecule has 0 atom stereocenters. The summed E-state index contributed by atoms with van der Waals surface area (Å²) in [6, 6.07) is 10.8. The molecule has 16 heavy (non-hydrogen) atoms. The zero-order chi connectivity index (χ0) is 11.4. The Morgan fingerprint density at radius 3 is 2.75 bits per heavy atom. The third-order valence-electron chi connectivity index (χ3n) is 1.94. The molecule has 1 aromatic carbocycles. The first-order chi connectivity index (χ1) is 7.74. The van der Waals surface area contributed by atoms with E-state index in [1.54, 1.807) is 12.1 Å². The van der Waals surface area contributed by atoms with Crippen molar-refractivity contribution in [2.75, 3.05) is 5.73 Å². The van der Waals surface area contributed by atoms with Crippen LogP contribution in [0.25, 0.3) is 0 Å². The van der Waals surface area contributed by atoms with Crippen LogP contribution < -0.4 is 10.5 Å². The number of anilines is 1. The summed E-state index contributed by atoms with van der Waals surface area (Å²) < 4.78 is 5.41. The van der Waals surface area contributed by atoms with E-state index in [2.05, 4.69) is 10.2 Å². The monoisotopic (exact) mass is 235 g/mol. The molecular formula is C11H10ClN3O. The number of ether oxygens (including phenoxy) is 1. The number of hydrogen-bond acceptors (Lipinski definition) is 4. The van der Waals surface area contributed by atoms with Crippen molar-refractivity contribution in [2.45, 2.75) is 6.61 Å². The fourth-order valence-electron chi connectivity index (χ4n) is 1.19. The van der Waals surface area contributed by atoms with Gasteiger partial charge in [-0.05, 0) is 23.8 Å². The minimum atomic E-state index is 0.370. The second-order valence-corrected chi connectivity index (χ2v) is 3.65. The van der Waals surface area contributed by atoms with Gasteiger partial charge in [-0.1, -0.05) is 23.7 Å². The van der Waals surface area contributed by atoms with E-state index in [4.69, 9.17) is 22.1 Å². The Bertz CT molecular complexity index is 473. The number of nitrogens with two attached hydrogens (primary N) is 1. The van der Waals surface area contributed by atoms with Crippen molar-refractivity contribution in [1.29, 1.82) is 0 Å². The fraction of sp³-hybridized carbons (Fsp3) is 0.0909. The van der Waals surface area contributed by atoms with Gasteiger partial charge in [0.05, 0.1) is 0 Å². The van der Waals surface area contributed by atoms with Crippen LogP contribution in [0.2, 0.25) is 5.02 Å². The molecule has 0 fully saturated rings. The lowest BCUT2D eigenvalue weighted by Gasteiger charge is -2.04. The molecule has 0 bridgehead atoms. The van der Waals surface area contributed by atoms with Crippen LogP contribution in [0.1, 0.15) is 5.56 Å². The smallest absolute Gasteiger partial charge is 0.233 e. The third kappa shape index (κ3) is 2.84. The molecule has 2 N–H and O–H groups in total. The molecule has 1 aromatic heterocycles. The average molecular weight is 236 g/mol. The fourth-order valence-corrected chi connectivity index (χ4v) is 1.40. The Labute approximate surface area is 98.0 Å². The minimum absolute atomic E-state index is 0.370. The van der Waals surface area contributed by atoms with Crippen LogP contribution in [-0.4, -0.2) is 10.2 Å². The molecule has 0 spiro atoms. The maximum Gasteiger partial charge on any atom is 0.233 e. The zero-order valence-electron chi connectivity index (χ0n) is 8.43. The Hall–Kier alpha value is -1.81. The number of benzene rings is 1. The van der Waals surface area contributed by atoms with Crippen molar-refractivity contribution in [3.05, 3.63) is 47.0 Å². The molecule has 0 aliphatic heterocycles. The van der Waals surface area contributed by atoms with E-state index >= 15 is 0 Å². The SMILES string of the molecule is Nc1ccc(OCc2cccc(Cl)c2)nn1. The number of nitrogen functional groups attached to an aromatic ring is 1. The maximum absolute atomic E-state index is 5.85. The van der Waals surface area contributed by atoms with Crippen LogP contribution in [0, 0.1) is 0 Å². The van der Waals surface area contributed by atoms with Gasteiger partial charge in [0, 0.05) is 11.1 Å². The molecule has 0 aliphatic rings. The number of aromatic nitrogens is 2. The Kier molecular flexibility index (Phi) is 3.22. The van der Waals surface area contributed by atoms with Crippen LogP contribution in [0.3, 0.4) is 0 Å². The summed E-state index contributed by atoms with van der Waals surface area (Å²) in [4.78, 5) is 0. The van der Waals surface area contributed by atoms with Gasteiger partial charge in [0.1, 0.15) is 12.4 Å². The summed E-state index contributed by atoms with van der Waals surface area (Å²) in [5, 5.41) is 8.16. The number of rotatable bonds is 3. The van der Waals surface area contributed by atoms with Crippen LogP contribution in [-0.2, 0) is 6.61 Å². The topological polar surface area (TPSA) is 61.0 Å². The van der Waals surface area contributed by atoms with E-state index in [1.807, 2.05) is 24.3 Å². The lowest BCUT2D eigenvalue weighted by atomic mass is 10.2. The summed E-state index contributed by atoms with van der Waals surface area (Å²) >= 11 is 5.85. The molecule has 0 saturated carbocycles. The number of halogens is 1. The van der Waals surface area contributed by atoms with Crippen molar-refractivity contribution in [2.24, 2.45) is 0 Å². The predicted molar refractivity (Wildman–Crippen MR) is 62.2 cm³/mol.